The summed E-state index contributed by atoms with van der Waals surface area (Å²) in [6.07, 6.45) is 1.83. The molecule has 5 rings (SSSR count). The van der Waals surface area contributed by atoms with Crippen LogP contribution in [-0.2, 0) is 0 Å². The first-order valence-corrected chi connectivity index (χ1v) is 8.70. The third-order valence-corrected chi connectivity index (χ3v) is 4.71. The van der Waals surface area contributed by atoms with Gasteiger partial charge in [-0.3, -0.25) is 4.57 Å². The van der Waals surface area contributed by atoms with Crippen LogP contribution in [0.3, 0.4) is 0 Å². The Labute approximate surface area is 151 Å². The average Bonchev–Trinajstić information content (AvgIpc) is 3.02. The van der Waals surface area contributed by atoms with Gasteiger partial charge >= 0.3 is 0 Å². The zero-order valence-corrected chi connectivity index (χ0v) is 14.4. The van der Waals surface area contributed by atoms with Crippen LogP contribution in [0.15, 0.2) is 85.1 Å². The van der Waals surface area contributed by atoms with E-state index in [0.29, 0.717) is 0 Å². The Kier molecular flexibility index (Phi) is 3.32. The van der Waals surface area contributed by atoms with Crippen molar-refractivity contribution in [3.63, 3.8) is 0 Å². The number of fused-ring (bicyclic) bond motifs is 3. The predicted molar refractivity (Wildman–Crippen MR) is 107 cm³/mol. The molecule has 3 aromatic heterocycles. The van der Waals surface area contributed by atoms with E-state index in [0.717, 1.165) is 39.0 Å². The Morgan fingerprint density at radius 2 is 1.58 bits per heavy atom. The maximum atomic E-state index is 5.01. The Morgan fingerprint density at radius 1 is 0.769 bits per heavy atom. The minimum Gasteiger partial charge on any atom is -0.292 e. The lowest BCUT2D eigenvalue weighted by molar-refractivity contribution is 1.08. The molecule has 0 aliphatic heterocycles. The molecule has 124 valence electrons. The van der Waals surface area contributed by atoms with Crippen LogP contribution in [0, 0.1) is 6.92 Å². The molecule has 0 N–H and O–H groups in total. The van der Waals surface area contributed by atoms with Crippen molar-refractivity contribution in [1.82, 2.24) is 14.5 Å². The van der Waals surface area contributed by atoms with Crippen LogP contribution in [-0.4, -0.2) is 14.5 Å². The van der Waals surface area contributed by atoms with Gasteiger partial charge in [0.2, 0.25) is 0 Å². The smallest absolute Gasteiger partial charge is 0.137 e. The van der Waals surface area contributed by atoms with Crippen LogP contribution < -0.4 is 0 Å². The van der Waals surface area contributed by atoms with Crippen molar-refractivity contribution in [3.05, 3.63) is 90.6 Å². The van der Waals surface area contributed by atoms with Crippen LogP contribution in [0.25, 0.3) is 39.0 Å². The van der Waals surface area contributed by atoms with Gasteiger partial charge in [-0.2, -0.15) is 0 Å². The van der Waals surface area contributed by atoms with E-state index in [9.17, 15) is 0 Å². The first kappa shape index (κ1) is 14.8. The van der Waals surface area contributed by atoms with E-state index >= 15 is 0 Å². The number of hydrogen-bond acceptors (Lipinski definition) is 2. The summed E-state index contributed by atoms with van der Waals surface area (Å²) in [4.78, 5) is 9.57. The largest absolute Gasteiger partial charge is 0.292 e. The quantitative estimate of drug-likeness (QED) is 0.423. The monoisotopic (exact) mass is 335 g/mol. The molecular formula is C23H17N3. The summed E-state index contributed by atoms with van der Waals surface area (Å²) in [6.45, 7) is 2.12. The minimum atomic E-state index is 0.908. The van der Waals surface area contributed by atoms with E-state index in [1.807, 2.05) is 42.6 Å². The summed E-state index contributed by atoms with van der Waals surface area (Å²) in [5, 5.41) is 1.16. The summed E-state index contributed by atoms with van der Waals surface area (Å²) in [5.74, 6) is 0.908. The zero-order valence-electron chi connectivity index (χ0n) is 14.4. The minimum absolute atomic E-state index is 0.908. The van der Waals surface area contributed by atoms with Crippen molar-refractivity contribution in [2.45, 2.75) is 6.92 Å². The van der Waals surface area contributed by atoms with Crippen LogP contribution in [0.2, 0.25) is 0 Å². The Bertz CT molecular complexity index is 1220. The van der Waals surface area contributed by atoms with E-state index in [2.05, 4.69) is 58.9 Å². The number of benzene rings is 2. The van der Waals surface area contributed by atoms with Crippen LogP contribution in [0.5, 0.6) is 0 Å². The molecule has 3 heterocycles. The number of nitrogens with zero attached hydrogens (tertiary/aromatic N) is 3. The number of aryl methyl sites for hydroxylation is 1. The summed E-state index contributed by atoms with van der Waals surface area (Å²) >= 11 is 0. The molecule has 26 heavy (non-hydrogen) atoms. The Balaban J connectivity index is 1.87. The van der Waals surface area contributed by atoms with Gasteiger partial charge in [0.05, 0.1) is 22.2 Å². The lowest BCUT2D eigenvalue weighted by Gasteiger charge is -2.06. The third-order valence-electron chi connectivity index (χ3n) is 4.71. The van der Waals surface area contributed by atoms with Gasteiger partial charge in [0, 0.05) is 17.1 Å². The molecule has 0 spiro atoms. The predicted octanol–water partition coefficient (Wildman–Crippen LogP) is 5.55. The molecule has 0 aliphatic carbocycles. The normalized spacial score (nSPS) is 11.3. The second kappa shape index (κ2) is 5.81. The van der Waals surface area contributed by atoms with Gasteiger partial charge in [-0.1, -0.05) is 48.0 Å². The second-order valence-corrected chi connectivity index (χ2v) is 6.47. The topological polar surface area (TPSA) is 30.7 Å². The first-order chi connectivity index (χ1) is 12.8. The molecule has 0 bridgehead atoms. The van der Waals surface area contributed by atoms with Crippen LogP contribution >= 0.6 is 0 Å². The van der Waals surface area contributed by atoms with Crippen LogP contribution in [0.4, 0.5) is 0 Å². The van der Waals surface area contributed by atoms with Crippen molar-refractivity contribution in [2.24, 2.45) is 0 Å². The second-order valence-electron chi connectivity index (χ2n) is 6.47. The van der Waals surface area contributed by atoms with E-state index in [-0.39, 0.29) is 0 Å². The fourth-order valence-corrected chi connectivity index (χ4v) is 3.50. The third kappa shape index (κ3) is 2.29. The molecule has 2 aromatic carbocycles. The van der Waals surface area contributed by atoms with E-state index in [1.54, 1.807) is 0 Å². The highest BCUT2D eigenvalue weighted by molar-refractivity contribution is 6.07. The summed E-state index contributed by atoms with van der Waals surface area (Å²) in [7, 11) is 0. The van der Waals surface area contributed by atoms with Gasteiger partial charge in [0.15, 0.2) is 0 Å². The summed E-state index contributed by atoms with van der Waals surface area (Å²) in [6, 6.07) is 27.0. The molecule has 0 saturated heterocycles. The maximum absolute atomic E-state index is 5.01. The lowest BCUT2D eigenvalue weighted by atomic mass is 10.1. The standard InChI is InChI=1S/C23H17N3/c1-16-10-12-20-18(15-16)23-21(26(20)22-9-5-6-14-24-22)13-11-19(25-23)17-7-3-2-4-8-17/h2-15H,1H3. The number of pyridine rings is 2. The molecule has 0 unspecified atom stereocenters. The van der Waals surface area contributed by atoms with Crippen molar-refractivity contribution in [2.75, 3.05) is 0 Å². The molecule has 0 aliphatic rings. The molecule has 0 fully saturated rings. The van der Waals surface area contributed by atoms with Crippen molar-refractivity contribution in [1.29, 1.82) is 0 Å². The van der Waals surface area contributed by atoms with Gasteiger partial charge in [-0.05, 0) is 43.3 Å². The van der Waals surface area contributed by atoms with Crippen molar-refractivity contribution < 1.29 is 0 Å². The summed E-state index contributed by atoms with van der Waals surface area (Å²) < 4.78 is 2.19. The van der Waals surface area contributed by atoms with Gasteiger partial charge < -0.3 is 0 Å². The highest BCUT2D eigenvalue weighted by Crippen LogP contribution is 2.32. The van der Waals surface area contributed by atoms with Crippen molar-refractivity contribution >= 4 is 21.9 Å². The highest BCUT2D eigenvalue weighted by atomic mass is 15.1. The molecular weight excluding hydrogens is 318 g/mol. The Morgan fingerprint density at radius 3 is 2.38 bits per heavy atom. The first-order valence-electron chi connectivity index (χ1n) is 8.70. The molecule has 3 heteroatoms. The fraction of sp³-hybridized carbons (Fsp3) is 0.0435. The van der Waals surface area contributed by atoms with Gasteiger partial charge in [0.25, 0.3) is 0 Å². The average molecular weight is 335 g/mol. The number of hydrogen-bond donors (Lipinski definition) is 0. The fourth-order valence-electron chi connectivity index (χ4n) is 3.50. The molecule has 3 nitrogen and oxygen atoms in total. The molecule has 0 saturated carbocycles. The number of aromatic nitrogens is 3. The van der Waals surface area contributed by atoms with Gasteiger partial charge in [-0.15, -0.1) is 0 Å². The van der Waals surface area contributed by atoms with Crippen LogP contribution in [0.1, 0.15) is 5.56 Å². The summed E-state index contributed by atoms with van der Waals surface area (Å²) in [5.41, 5.74) is 6.55. The molecule has 5 aromatic rings. The van der Waals surface area contributed by atoms with E-state index in [4.69, 9.17) is 4.98 Å². The number of rotatable bonds is 2. The molecule has 0 amide bonds. The van der Waals surface area contributed by atoms with Gasteiger partial charge in [-0.25, -0.2) is 9.97 Å². The Hall–Kier alpha value is -3.46. The van der Waals surface area contributed by atoms with Gasteiger partial charge in [0.1, 0.15) is 5.82 Å². The molecule has 0 radical (unpaired) electrons. The zero-order chi connectivity index (χ0) is 17.5. The maximum Gasteiger partial charge on any atom is 0.137 e. The van der Waals surface area contributed by atoms with E-state index < -0.39 is 0 Å². The lowest BCUT2D eigenvalue weighted by Crippen LogP contribution is -1.96. The highest BCUT2D eigenvalue weighted by Gasteiger charge is 2.15. The van der Waals surface area contributed by atoms with E-state index in [1.165, 1.54) is 5.56 Å². The SMILES string of the molecule is Cc1ccc2c(c1)c1nc(-c3ccccc3)ccc1n2-c1ccccn1. The van der Waals surface area contributed by atoms with Crippen molar-refractivity contribution in [3.8, 4) is 17.1 Å². The molecule has 0 atom stereocenters.